The number of rotatable bonds is 4. The predicted molar refractivity (Wildman–Crippen MR) is 67.1 cm³/mol. The molecule has 1 aliphatic rings. The molecule has 1 aromatic carbocycles. The van der Waals surface area contributed by atoms with Crippen molar-refractivity contribution in [3.63, 3.8) is 0 Å². The molecule has 1 aliphatic carbocycles. The predicted octanol–water partition coefficient (Wildman–Crippen LogP) is 3.12. The molecule has 1 N–H and O–H groups in total. The second kappa shape index (κ2) is 5.51. The third-order valence-electron chi connectivity index (χ3n) is 3.00. The van der Waals surface area contributed by atoms with Crippen molar-refractivity contribution >= 4 is 17.4 Å². The van der Waals surface area contributed by atoms with Crippen LogP contribution in [-0.4, -0.2) is 15.3 Å². The van der Waals surface area contributed by atoms with Gasteiger partial charge in [-0.25, -0.2) is 0 Å². The van der Waals surface area contributed by atoms with E-state index >= 15 is 0 Å². The lowest BCUT2D eigenvalue weighted by Crippen LogP contribution is -1.98. The molecule has 0 aliphatic heterocycles. The molecular weight excluding hydrogens is 238 g/mol. The molecule has 92 valence electrons. The van der Waals surface area contributed by atoms with E-state index in [-0.39, 0.29) is 17.2 Å². The van der Waals surface area contributed by atoms with Crippen LogP contribution in [0.3, 0.4) is 0 Å². The maximum absolute atomic E-state index is 11.0. The van der Waals surface area contributed by atoms with Crippen molar-refractivity contribution in [3.8, 4) is 0 Å². The molecule has 5 heteroatoms. The van der Waals surface area contributed by atoms with E-state index in [0.717, 1.165) is 17.7 Å². The van der Waals surface area contributed by atoms with Crippen LogP contribution >= 0.6 is 11.8 Å². The van der Waals surface area contributed by atoms with Gasteiger partial charge in [0.15, 0.2) is 0 Å². The molecule has 0 aromatic heterocycles. The van der Waals surface area contributed by atoms with E-state index in [4.69, 9.17) is 5.11 Å². The van der Waals surface area contributed by atoms with Crippen molar-refractivity contribution in [2.75, 3.05) is 0 Å². The molecule has 0 spiro atoms. The Balaban J connectivity index is 2.22. The maximum Gasteiger partial charge on any atom is 0.283 e. The second-order valence-corrected chi connectivity index (χ2v) is 5.58. The molecule has 4 nitrogen and oxygen atoms in total. The van der Waals surface area contributed by atoms with E-state index in [1.54, 1.807) is 23.9 Å². The average Bonchev–Trinajstić information content (AvgIpc) is 2.82. The van der Waals surface area contributed by atoms with Gasteiger partial charge < -0.3 is 5.11 Å². The Hall–Kier alpha value is -1.07. The van der Waals surface area contributed by atoms with Gasteiger partial charge in [0.05, 0.1) is 16.4 Å². The monoisotopic (exact) mass is 253 g/mol. The van der Waals surface area contributed by atoms with Crippen molar-refractivity contribution in [3.05, 3.63) is 33.9 Å². The highest BCUT2D eigenvalue weighted by Gasteiger charge is 2.21. The van der Waals surface area contributed by atoms with Crippen LogP contribution in [0.5, 0.6) is 0 Å². The van der Waals surface area contributed by atoms with E-state index < -0.39 is 0 Å². The van der Waals surface area contributed by atoms with Crippen LogP contribution in [0.2, 0.25) is 0 Å². The summed E-state index contributed by atoms with van der Waals surface area (Å²) in [7, 11) is 0. The lowest BCUT2D eigenvalue weighted by atomic mass is 10.2. The Labute approximate surface area is 104 Å². The number of aliphatic hydroxyl groups is 1. The third-order valence-corrected chi connectivity index (χ3v) is 4.40. The van der Waals surface area contributed by atoms with Crippen molar-refractivity contribution in [2.45, 2.75) is 42.4 Å². The molecule has 0 heterocycles. The van der Waals surface area contributed by atoms with Crippen LogP contribution in [0.15, 0.2) is 23.1 Å². The second-order valence-electron chi connectivity index (χ2n) is 4.24. The zero-order valence-corrected chi connectivity index (χ0v) is 10.3. The fraction of sp³-hybridized carbons (Fsp3) is 0.500. The highest BCUT2D eigenvalue weighted by molar-refractivity contribution is 8.00. The van der Waals surface area contributed by atoms with Crippen LogP contribution in [0.1, 0.15) is 31.2 Å². The number of nitro benzene ring substituents is 1. The lowest BCUT2D eigenvalue weighted by molar-refractivity contribution is -0.387. The first-order valence-electron chi connectivity index (χ1n) is 5.75. The van der Waals surface area contributed by atoms with Gasteiger partial charge in [-0.3, -0.25) is 10.1 Å². The number of hydrogen-bond donors (Lipinski definition) is 1. The van der Waals surface area contributed by atoms with Gasteiger partial charge >= 0.3 is 0 Å². The summed E-state index contributed by atoms with van der Waals surface area (Å²) in [6.07, 6.45) is 4.73. The molecule has 1 fully saturated rings. The number of thioether (sulfide) groups is 1. The van der Waals surface area contributed by atoms with Crippen molar-refractivity contribution in [1.29, 1.82) is 0 Å². The largest absolute Gasteiger partial charge is 0.392 e. The minimum absolute atomic E-state index is 0.119. The molecule has 1 aromatic rings. The number of nitrogens with zero attached hydrogens (tertiary/aromatic N) is 1. The van der Waals surface area contributed by atoms with Gasteiger partial charge in [-0.2, -0.15) is 0 Å². The number of benzene rings is 1. The van der Waals surface area contributed by atoms with E-state index in [1.807, 2.05) is 0 Å². The highest BCUT2D eigenvalue weighted by atomic mass is 32.2. The number of aliphatic hydroxyl groups excluding tert-OH is 1. The molecule has 0 saturated heterocycles. The van der Waals surface area contributed by atoms with Gasteiger partial charge in [0.1, 0.15) is 0 Å². The molecule has 0 amide bonds. The summed E-state index contributed by atoms with van der Waals surface area (Å²) in [4.78, 5) is 11.3. The highest BCUT2D eigenvalue weighted by Crippen LogP contribution is 2.39. The SMILES string of the molecule is O=[N+]([O-])c1cc(CO)ccc1SC1CCCC1. The van der Waals surface area contributed by atoms with E-state index in [2.05, 4.69) is 0 Å². The number of nitro groups is 1. The zero-order chi connectivity index (χ0) is 12.3. The Morgan fingerprint density at radius 2 is 2.12 bits per heavy atom. The van der Waals surface area contributed by atoms with E-state index in [0.29, 0.717) is 10.8 Å². The standard InChI is InChI=1S/C12H15NO3S/c14-8-9-5-6-12(11(7-9)13(15)16)17-10-3-1-2-4-10/h5-7,10,14H,1-4,8H2. The smallest absolute Gasteiger partial charge is 0.283 e. The van der Waals surface area contributed by atoms with Gasteiger partial charge in [0, 0.05) is 11.3 Å². The van der Waals surface area contributed by atoms with Crippen LogP contribution in [0, 0.1) is 10.1 Å². The average molecular weight is 253 g/mol. The van der Waals surface area contributed by atoms with Crippen molar-refractivity contribution in [2.24, 2.45) is 0 Å². The van der Waals surface area contributed by atoms with Crippen LogP contribution < -0.4 is 0 Å². The normalized spacial score (nSPS) is 16.3. The lowest BCUT2D eigenvalue weighted by Gasteiger charge is -2.09. The summed E-state index contributed by atoms with van der Waals surface area (Å²) in [5, 5.41) is 20.5. The van der Waals surface area contributed by atoms with E-state index in [1.165, 1.54) is 18.9 Å². The number of hydrogen-bond acceptors (Lipinski definition) is 4. The topological polar surface area (TPSA) is 63.4 Å². The molecule has 1 saturated carbocycles. The molecule has 0 bridgehead atoms. The van der Waals surface area contributed by atoms with Gasteiger partial charge in [-0.05, 0) is 24.5 Å². The first kappa shape index (κ1) is 12.4. The fourth-order valence-corrected chi connectivity index (χ4v) is 3.42. The molecular formula is C12H15NO3S. The third kappa shape index (κ3) is 2.98. The molecule has 0 radical (unpaired) electrons. The Kier molecular flexibility index (Phi) is 4.02. The van der Waals surface area contributed by atoms with Gasteiger partial charge in [0.25, 0.3) is 5.69 Å². The van der Waals surface area contributed by atoms with Gasteiger partial charge in [0.2, 0.25) is 0 Å². The Morgan fingerprint density at radius 3 is 2.71 bits per heavy atom. The summed E-state index contributed by atoms with van der Waals surface area (Å²) >= 11 is 1.60. The van der Waals surface area contributed by atoms with Gasteiger partial charge in [-0.15, -0.1) is 11.8 Å². The maximum atomic E-state index is 11.0. The first-order valence-corrected chi connectivity index (χ1v) is 6.63. The molecule has 17 heavy (non-hydrogen) atoms. The Morgan fingerprint density at radius 1 is 1.41 bits per heavy atom. The summed E-state index contributed by atoms with van der Waals surface area (Å²) in [6.45, 7) is -0.158. The molecule has 0 atom stereocenters. The van der Waals surface area contributed by atoms with Crippen molar-refractivity contribution in [1.82, 2.24) is 0 Å². The molecule has 0 unspecified atom stereocenters. The summed E-state index contributed by atoms with van der Waals surface area (Å²) in [5.41, 5.74) is 0.709. The van der Waals surface area contributed by atoms with Crippen molar-refractivity contribution < 1.29 is 10.0 Å². The summed E-state index contributed by atoms with van der Waals surface area (Å²) in [5.74, 6) is 0. The summed E-state index contributed by atoms with van der Waals surface area (Å²) in [6, 6.07) is 4.98. The zero-order valence-electron chi connectivity index (χ0n) is 9.46. The summed E-state index contributed by atoms with van der Waals surface area (Å²) < 4.78 is 0. The first-order chi connectivity index (χ1) is 8.20. The minimum atomic E-state index is -0.365. The van der Waals surface area contributed by atoms with E-state index in [9.17, 15) is 10.1 Å². The fourth-order valence-electron chi connectivity index (χ4n) is 2.09. The molecule has 2 rings (SSSR count). The van der Waals surface area contributed by atoms with Crippen LogP contribution in [-0.2, 0) is 6.61 Å². The quantitative estimate of drug-likeness (QED) is 0.661. The Bertz CT molecular complexity index is 416. The van der Waals surface area contributed by atoms with Gasteiger partial charge in [-0.1, -0.05) is 18.9 Å². The minimum Gasteiger partial charge on any atom is -0.392 e. The van der Waals surface area contributed by atoms with Crippen LogP contribution in [0.25, 0.3) is 0 Å². The van der Waals surface area contributed by atoms with Crippen LogP contribution in [0.4, 0.5) is 5.69 Å².